The highest BCUT2D eigenvalue weighted by Gasteiger charge is 2.13. The average Bonchev–Trinajstić information content (AvgIpc) is 3.21. The Hall–Kier alpha value is -4.07. The third kappa shape index (κ3) is 4.42. The van der Waals surface area contributed by atoms with Crippen molar-refractivity contribution in [3.63, 3.8) is 0 Å². The number of hydrogen-bond acceptors (Lipinski definition) is 6. The summed E-state index contributed by atoms with van der Waals surface area (Å²) in [5.41, 5.74) is 4.79. The molecule has 1 amide bonds. The molecule has 0 aliphatic carbocycles. The van der Waals surface area contributed by atoms with Crippen molar-refractivity contribution in [2.24, 2.45) is 7.05 Å². The van der Waals surface area contributed by atoms with Crippen LogP contribution in [0.4, 0.5) is 5.82 Å². The fourth-order valence-corrected chi connectivity index (χ4v) is 3.18. The van der Waals surface area contributed by atoms with Gasteiger partial charge in [0, 0.05) is 36.8 Å². The summed E-state index contributed by atoms with van der Waals surface area (Å²) < 4.78 is 7.54. The molecule has 0 unspecified atom stereocenters. The first-order valence-corrected chi connectivity index (χ1v) is 9.85. The molecule has 0 radical (unpaired) electrons. The fraction of sp³-hybridized carbons (Fsp3) is 0.174. The number of anilines is 1. The van der Waals surface area contributed by atoms with Gasteiger partial charge in [-0.25, -0.2) is 4.98 Å². The van der Waals surface area contributed by atoms with Crippen LogP contribution in [-0.2, 0) is 7.05 Å². The number of carbonyl (C=O) groups excluding carboxylic acids is 1. The van der Waals surface area contributed by atoms with Crippen LogP contribution in [0.3, 0.4) is 0 Å². The van der Waals surface area contributed by atoms with E-state index in [1.165, 1.54) is 12.4 Å². The number of hydrogen-bond donors (Lipinski definition) is 1. The second-order valence-corrected chi connectivity index (χ2v) is 6.98. The lowest BCUT2D eigenvalue weighted by Gasteiger charge is -2.12. The van der Waals surface area contributed by atoms with Gasteiger partial charge in [0.15, 0.2) is 5.82 Å². The molecule has 0 aliphatic rings. The van der Waals surface area contributed by atoms with Gasteiger partial charge in [-0.15, -0.1) is 0 Å². The van der Waals surface area contributed by atoms with Crippen LogP contribution >= 0.6 is 0 Å². The molecule has 1 N–H and O–H groups in total. The van der Waals surface area contributed by atoms with Gasteiger partial charge in [0.05, 0.1) is 36.5 Å². The van der Waals surface area contributed by atoms with Crippen LogP contribution in [0, 0.1) is 6.92 Å². The van der Waals surface area contributed by atoms with Gasteiger partial charge in [0.1, 0.15) is 5.75 Å². The average molecular weight is 414 g/mol. The number of ether oxygens (including phenoxy) is 1. The van der Waals surface area contributed by atoms with Crippen LogP contribution in [0.25, 0.3) is 22.4 Å². The number of nitrogens with one attached hydrogen (secondary N) is 1. The SMILES string of the molecule is CCOc1ccc(-c2cnn(C)c2)cc1-c1cnc(NC(=O)c2cnccc2C)cn1. The van der Waals surface area contributed by atoms with Gasteiger partial charge in [-0.1, -0.05) is 6.07 Å². The zero-order valence-corrected chi connectivity index (χ0v) is 17.5. The first-order chi connectivity index (χ1) is 15.0. The van der Waals surface area contributed by atoms with E-state index >= 15 is 0 Å². The topological polar surface area (TPSA) is 94.8 Å². The van der Waals surface area contributed by atoms with E-state index in [1.807, 2.05) is 51.5 Å². The third-order valence-electron chi connectivity index (χ3n) is 4.77. The van der Waals surface area contributed by atoms with E-state index in [0.717, 1.165) is 22.3 Å². The number of pyridine rings is 1. The van der Waals surface area contributed by atoms with Gasteiger partial charge in [-0.2, -0.15) is 5.10 Å². The highest BCUT2D eigenvalue weighted by atomic mass is 16.5. The standard InChI is InChI=1S/C23H22N6O2/c1-4-31-21-6-5-16(17-10-27-29(3)14-17)9-18(21)20-12-26-22(13-25-20)28-23(30)19-11-24-8-7-15(19)2/h5-14H,4H2,1-3H3,(H,26,28,30). The monoisotopic (exact) mass is 414 g/mol. The molecule has 0 aliphatic heterocycles. The largest absolute Gasteiger partial charge is 0.493 e. The normalized spacial score (nSPS) is 10.7. The summed E-state index contributed by atoms with van der Waals surface area (Å²) in [6, 6.07) is 7.70. The Bertz CT molecular complexity index is 1220. The van der Waals surface area contributed by atoms with E-state index in [-0.39, 0.29) is 5.91 Å². The molecule has 3 aromatic heterocycles. The molecule has 0 bridgehead atoms. The van der Waals surface area contributed by atoms with E-state index in [1.54, 1.807) is 23.1 Å². The molecule has 8 nitrogen and oxygen atoms in total. The summed E-state index contributed by atoms with van der Waals surface area (Å²) in [6.07, 6.45) is 10.1. The predicted molar refractivity (Wildman–Crippen MR) is 118 cm³/mol. The summed E-state index contributed by atoms with van der Waals surface area (Å²) >= 11 is 0. The van der Waals surface area contributed by atoms with E-state index < -0.39 is 0 Å². The van der Waals surface area contributed by atoms with E-state index in [2.05, 4.69) is 25.4 Å². The molecule has 4 rings (SSSR count). The minimum Gasteiger partial charge on any atom is -0.493 e. The second-order valence-electron chi connectivity index (χ2n) is 6.98. The minimum absolute atomic E-state index is 0.277. The van der Waals surface area contributed by atoms with Crippen LogP contribution in [0.2, 0.25) is 0 Å². The van der Waals surface area contributed by atoms with Crippen molar-refractivity contribution in [3.05, 3.63) is 72.6 Å². The Morgan fingerprint density at radius 1 is 1.10 bits per heavy atom. The van der Waals surface area contributed by atoms with Crippen molar-refractivity contribution in [1.29, 1.82) is 0 Å². The molecule has 1 aromatic carbocycles. The van der Waals surface area contributed by atoms with Gasteiger partial charge in [-0.3, -0.25) is 19.4 Å². The van der Waals surface area contributed by atoms with Gasteiger partial charge in [-0.05, 0) is 43.2 Å². The van der Waals surface area contributed by atoms with Crippen molar-refractivity contribution < 1.29 is 9.53 Å². The summed E-state index contributed by atoms with van der Waals surface area (Å²) in [6.45, 7) is 4.32. The molecular formula is C23H22N6O2. The van der Waals surface area contributed by atoms with Gasteiger partial charge in [0.2, 0.25) is 0 Å². The van der Waals surface area contributed by atoms with Gasteiger partial charge >= 0.3 is 0 Å². The summed E-state index contributed by atoms with van der Waals surface area (Å²) in [4.78, 5) is 25.4. The Balaban J connectivity index is 1.62. The van der Waals surface area contributed by atoms with Gasteiger partial charge in [0.25, 0.3) is 5.91 Å². The summed E-state index contributed by atoms with van der Waals surface area (Å²) in [5, 5.41) is 7.00. The van der Waals surface area contributed by atoms with Crippen LogP contribution in [0.5, 0.6) is 5.75 Å². The first-order valence-electron chi connectivity index (χ1n) is 9.85. The number of rotatable bonds is 6. The number of nitrogens with zero attached hydrogens (tertiary/aromatic N) is 5. The molecule has 0 fully saturated rings. The lowest BCUT2D eigenvalue weighted by atomic mass is 10.0. The smallest absolute Gasteiger partial charge is 0.258 e. The highest BCUT2D eigenvalue weighted by molar-refractivity contribution is 6.04. The molecule has 0 saturated carbocycles. The maximum absolute atomic E-state index is 12.5. The van der Waals surface area contributed by atoms with Crippen LogP contribution < -0.4 is 10.1 Å². The lowest BCUT2D eigenvalue weighted by molar-refractivity contribution is 0.102. The van der Waals surface area contributed by atoms with Crippen molar-refractivity contribution in [2.75, 3.05) is 11.9 Å². The van der Waals surface area contributed by atoms with Crippen molar-refractivity contribution >= 4 is 11.7 Å². The van der Waals surface area contributed by atoms with Crippen molar-refractivity contribution in [1.82, 2.24) is 24.7 Å². The van der Waals surface area contributed by atoms with Crippen LogP contribution in [0.15, 0.2) is 61.4 Å². The molecule has 8 heteroatoms. The fourth-order valence-electron chi connectivity index (χ4n) is 3.18. The van der Waals surface area contributed by atoms with Crippen molar-refractivity contribution in [2.45, 2.75) is 13.8 Å². The lowest BCUT2D eigenvalue weighted by Crippen LogP contribution is -2.14. The van der Waals surface area contributed by atoms with Crippen LogP contribution in [-0.4, -0.2) is 37.2 Å². The zero-order chi connectivity index (χ0) is 21.8. The van der Waals surface area contributed by atoms with E-state index in [0.29, 0.717) is 29.4 Å². The summed E-state index contributed by atoms with van der Waals surface area (Å²) in [7, 11) is 1.88. The maximum Gasteiger partial charge on any atom is 0.258 e. The predicted octanol–water partition coefficient (Wildman–Crippen LogP) is 3.90. The Morgan fingerprint density at radius 2 is 1.97 bits per heavy atom. The highest BCUT2D eigenvalue weighted by Crippen LogP contribution is 2.33. The Morgan fingerprint density at radius 3 is 2.65 bits per heavy atom. The van der Waals surface area contributed by atoms with E-state index in [9.17, 15) is 4.79 Å². The number of benzene rings is 1. The number of amides is 1. The molecule has 31 heavy (non-hydrogen) atoms. The summed E-state index contributed by atoms with van der Waals surface area (Å²) in [5.74, 6) is 0.798. The Labute approximate surface area is 180 Å². The van der Waals surface area contributed by atoms with Gasteiger partial charge < -0.3 is 10.1 Å². The molecule has 3 heterocycles. The number of carbonyl (C=O) groups is 1. The Kier molecular flexibility index (Phi) is 5.70. The number of aromatic nitrogens is 5. The second kappa shape index (κ2) is 8.74. The molecule has 156 valence electrons. The third-order valence-corrected chi connectivity index (χ3v) is 4.77. The molecular weight excluding hydrogens is 392 g/mol. The first kappa shape index (κ1) is 20.2. The molecule has 4 aromatic rings. The molecule has 0 spiro atoms. The quantitative estimate of drug-likeness (QED) is 0.514. The molecule has 0 atom stereocenters. The number of aryl methyl sites for hydroxylation is 2. The van der Waals surface area contributed by atoms with Crippen molar-refractivity contribution in [3.8, 4) is 28.1 Å². The van der Waals surface area contributed by atoms with Crippen LogP contribution in [0.1, 0.15) is 22.8 Å². The minimum atomic E-state index is -0.277. The van der Waals surface area contributed by atoms with E-state index in [4.69, 9.17) is 4.74 Å². The molecule has 0 saturated heterocycles. The maximum atomic E-state index is 12.5. The zero-order valence-electron chi connectivity index (χ0n) is 17.5.